The Morgan fingerprint density at radius 2 is 2.06 bits per heavy atom. The summed E-state index contributed by atoms with van der Waals surface area (Å²) in [6.07, 6.45) is -1.72. The Balaban J connectivity index is 2.46. The average molecular weight is 253 g/mol. The minimum Gasteiger partial charge on any atom is -0.491 e. The largest absolute Gasteiger partial charge is 0.491 e. The van der Waals surface area contributed by atoms with Crippen LogP contribution in [0.5, 0.6) is 5.75 Å². The molecule has 0 amide bonds. The first kappa shape index (κ1) is 12.5. The number of hydrogen-bond donors (Lipinski definition) is 1. The van der Waals surface area contributed by atoms with E-state index in [2.05, 4.69) is 4.98 Å². The van der Waals surface area contributed by atoms with Crippen LogP contribution < -0.4 is 4.74 Å². The van der Waals surface area contributed by atoms with Gasteiger partial charge in [-0.3, -0.25) is 4.79 Å². The third-order valence-electron chi connectivity index (χ3n) is 2.49. The molecule has 0 unspecified atom stereocenters. The lowest BCUT2D eigenvalue weighted by Gasteiger charge is -2.09. The number of aromatic amines is 1. The van der Waals surface area contributed by atoms with Gasteiger partial charge in [-0.05, 0) is 32.0 Å². The van der Waals surface area contributed by atoms with E-state index in [-0.39, 0.29) is 11.7 Å². The normalized spacial score (nSPS) is 11.4. The van der Waals surface area contributed by atoms with Crippen LogP contribution >= 0.6 is 0 Å². The SMILES string of the molecule is CC(C)Oc1ccc2[nH]cc(C(=O)C(F)F)c2c1. The van der Waals surface area contributed by atoms with Crippen LogP contribution in [-0.2, 0) is 0 Å². The highest BCUT2D eigenvalue weighted by molar-refractivity contribution is 6.09. The zero-order valence-electron chi connectivity index (χ0n) is 10.0. The van der Waals surface area contributed by atoms with Crippen molar-refractivity contribution in [1.29, 1.82) is 0 Å². The molecule has 3 nitrogen and oxygen atoms in total. The second-order valence-corrected chi connectivity index (χ2v) is 4.24. The van der Waals surface area contributed by atoms with Gasteiger partial charge in [0.15, 0.2) is 0 Å². The quantitative estimate of drug-likeness (QED) is 0.848. The summed E-state index contributed by atoms with van der Waals surface area (Å²) in [5.74, 6) is -0.622. The Morgan fingerprint density at radius 1 is 1.33 bits per heavy atom. The Labute approximate surface area is 103 Å². The number of rotatable bonds is 4. The zero-order chi connectivity index (χ0) is 13.3. The van der Waals surface area contributed by atoms with E-state index in [9.17, 15) is 13.6 Å². The van der Waals surface area contributed by atoms with Crippen LogP contribution in [0.3, 0.4) is 0 Å². The standard InChI is InChI=1S/C13H13F2NO2/c1-7(2)18-8-3-4-11-9(5-8)10(6-16-11)12(17)13(14)15/h3-7,13,16H,1-2H3. The van der Waals surface area contributed by atoms with Crippen molar-refractivity contribution in [3.8, 4) is 5.75 Å². The molecule has 0 aliphatic heterocycles. The molecule has 2 rings (SSSR count). The van der Waals surface area contributed by atoms with Crippen LogP contribution in [0.15, 0.2) is 24.4 Å². The number of carbonyl (C=O) groups excluding carboxylic acids is 1. The first-order valence-electron chi connectivity index (χ1n) is 5.59. The molecule has 0 atom stereocenters. The molecule has 1 N–H and O–H groups in total. The Kier molecular flexibility index (Phi) is 3.32. The van der Waals surface area contributed by atoms with Gasteiger partial charge in [0.25, 0.3) is 0 Å². The summed E-state index contributed by atoms with van der Waals surface area (Å²) in [6, 6.07) is 5.03. The summed E-state index contributed by atoms with van der Waals surface area (Å²) < 4.78 is 30.3. The molecule has 5 heteroatoms. The van der Waals surface area contributed by atoms with Gasteiger partial charge in [0.2, 0.25) is 5.78 Å². The van der Waals surface area contributed by atoms with Crippen LogP contribution in [0.25, 0.3) is 10.9 Å². The van der Waals surface area contributed by atoms with E-state index < -0.39 is 12.2 Å². The van der Waals surface area contributed by atoms with Crippen molar-refractivity contribution in [3.63, 3.8) is 0 Å². The van der Waals surface area contributed by atoms with Crippen LogP contribution in [0.2, 0.25) is 0 Å². The molecular weight excluding hydrogens is 240 g/mol. The number of ether oxygens (including phenoxy) is 1. The number of halogens is 2. The van der Waals surface area contributed by atoms with Crippen molar-refractivity contribution < 1.29 is 18.3 Å². The van der Waals surface area contributed by atoms with E-state index in [0.29, 0.717) is 16.7 Å². The highest BCUT2D eigenvalue weighted by Gasteiger charge is 2.21. The minimum atomic E-state index is -3.00. The lowest BCUT2D eigenvalue weighted by atomic mass is 10.1. The molecule has 18 heavy (non-hydrogen) atoms. The van der Waals surface area contributed by atoms with Crippen LogP contribution in [0.4, 0.5) is 8.78 Å². The minimum absolute atomic E-state index is 0.00536. The van der Waals surface area contributed by atoms with Crippen molar-refractivity contribution in [1.82, 2.24) is 4.98 Å². The molecular formula is C13H13F2NO2. The number of fused-ring (bicyclic) bond motifs is 1. The Bertz CT molecular complexity index is 575. The summed E-state index contributed by atoms with van der Waals surface area (Å²) in [5.41, 5.74) is 0.629. The summed E-state index contributed by atoms with van der Waals surface area (Å²) >= 11 is 0. The Morgan fingerprint density at radius 3 is 2.67 bits per heavy atom. The zero-order valence-corrected chi connectivity index (χ0v) is 10.0. The first-order valence-corrected chi connectivity index (χ1v) is 5.59. The fourth-order valence-corrected chi connectivity index (χ4v) is 1.77. The van der Waals surface area contributed by atoms with Gasteiger partial charge >= 0.3 is 6.43 Å². The maximum Gasteiger partial charge on any atom is 0.300 e. The van der Waals surface area contributed by atoms with Gasteiger partial charge in [0.05, 0.1) is 6.10 Å². The van der Waals surface area contributed by atoms with Gasteiger partial charge in [-0.25, -0.2) is 8.78 Å². The molecule has 0 spiro atoms. The summed E-state index contributed by atoms with van der Waals surface area (Å²) in [7, 11) is 0. The molecule has 0 fully saturated rings. The van der Waals surface area contributed by atoms with Crippen molar-refractivity contribution >= 4 is 16.7 Å². The lowest BCUT2D eigenvalue weighted by molar-refractivity contribution is 0.0680. The van der Waals surface area contributed by atoms with Gasteiger partial charge in [0, 0.05) is 22.7 Å². The van der Waals surface area contributed by atoms with Crippen molar-refractivity contribution in [2.75, 3.05) is 0 Å². The molecule has 96 valence electrons. The molecule has 0 saturated heterocycles. The van der Waals surface area contributed by atoms with Gasteiger partial charge in [-0.1, -0.05) is 0 Å². The van der Waals surface area contributed by atoms with E-state index in [4.69, 9.17) is 4.74 Å². The molecule has 0 aliphatic rings. The van der Waals surface area contributed by atoms with E-state index in [1.54, 1.807) is 18.2 Å². The van der Waals surface area contributed by atoms with Gasteiger partial charge in [0.1, 0.15) is 5.75 Å². The van der Waals surface area contributed by atoms with Crippen molar-refractivity contribution in [3.05, 3.63) is 30.0 Å². The number of aromatic nitrogens is 1. The molecule has 0 aliphatic carbocycles. The third-order valence-corrected chi connectivity index (χ3v) is 2.49. The van der Waals surface area contributed by atoms with Gasteiger partial charge in [-0.2, -0.15) is 0 Å². The summed E-state index contributed by atoms with van der Waals surface area (Å²) in [4.78, 5) is 14.1. The second kappa shape index (κ2) is 4.76. The van der Waals surface area contributed by atoms with E-state index >= 15 is 0 Å². The van der Waals surface area contributed by atoms with Crippen molar-refractivity contribution in [2.24, 2.45) is 0 Å². The maximum atomic E-state index is 12.4. The van der Waals surface area contributed by atoms with Crippen LogP contribution in [0, 0.1) is 0 Å². The average Bonchev–Trinajstić information content (AvgIpc) is 2.70. The lowest BCUT2D eigenvalue weighted by Crippen LogP contribution is -2.09. The summed E-state index contributed by atoms with van der Waals surface area (Å²) in [5, 5.41) is 0.457. The molecule has 0 bridgehead atoms. The number of ketones is 1. The number of carbonyl (C=O) groups is 1. The Hall–Kier alpha value is -1.91. The first-order chi connectivity index (χ1) is 8.49. The van der Waals surface area contributed by atoms with E-state index in [1.165, 1.54) is 6.20 Å². The number of Topliss-reactive ketones (excluding diaryl/α,β-unsaturated/α-hetero) is 1. The number of hydrogen-bond acceptors (Lipinski definition) is 2. The number of alkyl halides is 2. The van der Waals surface area contributed by atoms with E-state index in [1.807, 2.05) is 13.8 Å². The fraction of sp³-hybridized carbons (Fsp3) is 0.308. The van der Waals surface area contributed by atoms with Gasteiger partial charge < -0.3 is 9.72 Å². The molecule has 1 aromatic carbocycles. The van der Waals surface area contributed by atoms with Crippen LogP contribution in [-0.4, -0.2) is 23.3 Å². The predicted octanol–water partition coefficient (Wildman–Crippen LogP) is 3.40. The molecule has 0 radical (unpaired) electrons. The number of benzene rings is 1. The topological polar surface area (TPSA) is 42.1 Å². The predicted molar refractivity (Wildman–Crippen MR) is 64.4 cm³/mol. The number of nitrogens with one attached hydrogen (secondary N) is 1. The summed E-state index contributed by atoms with van der Waals surface area (Å²) in [6.45, 7) is 3.74. The highest BCUT2D eigenvalue weighted by Crippen LogP contribution is 2.25. The van der Waals surface area contributed by atoms with Crippen molar-refractivity contribution in [2.45, 2.75) is 26.4 Å². The molecule has 1 aromatic heterocycles. The fourth-order valence-electron chi connectivity index (χ4n) is 1.77. The number of H-pyrrole nitrogens is 1. The van der Waals surface area contributed by atoms with Gasteiger partial charge in [-0.15, -0.1) is 0 Å². The van der Waals surface area contributed by atoms with Crippen LogP contribution in [0.1, 0.15) is 24.2 Å². The highest BCUT2D eigenvalue weighted by atomic mass is 19.3. The maximum absolute atomic E-state index is 12.4. The smallest absolute Gasteiger partial charge is 0.300 e. The van der Waals surface area contributed by atoms with E-state index in [0.717, 1.165) is 0 Å². The third kappa shape index (κ3) is 2.34. The molecule has 2 aromatic rings. The monoisotopic (exact) mass is 253 g/mol. The second-order valence-electron chi connectivity index (χ2n) is 4.24. The molecule has 1 heterocycles. The molecule has 0 saturated carbocycles.